The summed E-state index contributed by atoms with van der Waals surface area (Å²) in [7, 11) is 5.22. The van der Waals surface area contributed by atoms with Gasteiger partial charge in [-0.1, -0.05) is 48.6 Å². The molecule has 8 heteroatoms. The summed E-state index contributed by atoms with van der Waals surface area (Å²) in [6, 6.07) is 11.6. The SMILES string of the molecule is [B]COc1ccc(-c2ccc(-c3ccc(C4OCC(CC/C=C/C)CO4)c(F)c3F)cc2)c(F)c1F. The molecule has 0 aliphatic carbocycles. The summed E-state index contributed by atoms with van der Waals surface area (Å²) >= 11 is 0. The Kier molecular flexibility index (Phi) is 8.49. The first-order chi connectivity index (χ1) is 17.4. The Morgan fingerprint density at radius 1 is 0.833 bits per heavy atom. The van der Waals surface area contributed by atoms with E-state index in [4.69, 9.17) is 22.1 Å². The number of halogens is 4. The molecule has 4 rings (SSSR count). The van der Waals surface area contributed by atoms with Crippen LogP contribution in [0.25, 0.3) is 22.3 Å². The molecule has 2 radical (unpaired) electrons. The largest absolute Gasteiger partial charge is 0.500 e. The summed E-state index contributed by atoms with van der Waals surface area (Å²) in [6.45, 7) is 2.48. The molecule has 3 nitrogen and oxygen atoms in total. The van der Waals surface area contributed by atoms with Crippen LogP contribution in [0.1, 0.15) is 31.6 Å². The number of ether oxygens (including phenoxy) is 3. The Morgan fingerprint density at radius 2 is 1.42 bits per heavy atom. The van der Waals surface area contributed by atoms with Crippen LogP contribution in [0.15, 0.2) is 60.7 Å². The zero-order valence-corrected chi connectivity index (χ0v) is 19.8. The second-order valence-electron chi connectivity index (χ2n) is 8.47. The van der Waals surface area contributed by atoms with Gasteiger partial charge in [0.2, 0.25) is 5.82 Å². The molecule has 0 atom stereocenters. The van der Waals surface area contributed by atoms with Gasteiger partial charge in [-0.2, -0.15) is 4.39 Å². The van der Waals surface area contributed by atoms with E-state index in [9.17, 15) is 13.2 Å². The number of hydrogen-bond donors (Lipinski definition) is 0. The minimum atomic E-state index is -1.15. The zero-order valence-electron chi connectivity index (χ0n) is 19.8. The van der Waals surface area contributed by atoms with Gasteiger partial charge in [0.25, 0.3) is 0 Å². The summed E-state index contributed by atoms with van der Waals surface area (Å²) in [5, 5.41) is 0. The highest BCUT2D eigenvalue weighted by atomic mass is 19.2. The fourth-order valence-corrected chi connectivity index (χ4v) is 4.14. The molecular formula is C28H25BF4O3. The predicted molar refractivity (Wildman–Crippen MR) is 131 cm³/mol. The van der Waals surface area contributed by atoms with E-state index in [1.54, 1.807) is 0 Å². The molecule has 1 heterocycles. The lowest BCUT2D eigenvalue weighted by Gasteiger charge is -2.29. The highest BCUT2D eigenvalue weighted by Crippen LogP contribution is 2.35. The first kappa shape index (κ1) is 26.0. The molecule has 1 saturated heterocycles. The Morgan fingerprint density at radius 3 is 2.00 bits per heavy atom. The molecule has 0 aromatic heterocycles. The van der Waals surface area contributed by atoms with E-state index in [1.165, 1.54) is 48.5 Å². The normalized spacial score (nSPS) is 18.0. The molecule has 1 aliphatic rings. The number of benzene rings is 3. The third-order valence-corrected chi connectivity index (χ3v) is 6.10. The fourth-order valence-electron chi connectivity index (χ4n) is 4.14. The van der Waals surface area contributed by atoms with Crippen molar-refractivity contribution in [2.75, 3.05) is 19.7 Å². The second-order valence-corrected chi connectivity index (χ2v) is 8.47. The smallest absolute Gasteiger partial charge is 0.201 e. The molecule has 186 valence electrons. The van der Waals surface area contributed by atoms with Crippen molar-refractivity contribution in [3.05, 3.63) is 89.5 Å². The predicted octanol–water partition coefficient (Wildman–Crippen LogP) is 7.10. The number of rotatable bonds is 8. The van der Waals surface area contributed by atoms with Gasteiger partial charge >= 0.3 is 0 Å². The van der Waals surface area contributed by atoms with Crippen LogP contribution in [0, 0.1) is 29.2 Å². The quantitative estimate of drug-likeness (QED) is 0.189. The van der Waals surface area contributed by atoms with Gasteiger partial charge in [-0.05, 0) is 43.0 Å². The van der Waals surface area contributed by atoms with Crippen LogP contribution in [-0.4, -0.2) is 27.6 Å². The summed E-state index contributed by atoms with van der Waals surface area (Å²) in [5.74, 6) is -4.41. The lowest BCUT2D eigenvalue weighted by atomic mass is 9.98. The lowest BCUT2D eigenvalue weighted by Crippen LogP contribution is -2.27. The molecule has 0 bridgehead atoms. The van der Waals surface area contributed by atoms with Crippen LogP contribution in [0.3, 0.4) is 0 Å². The Labute approximate surface area is 209 Å². The average molecular weight is 496 g/mol. The van der Waals surface area contributed by atoms with E-state index < -0.39 is 29.6 Å². The van der Waals surface area contributed by atoms with Crippen molar-refractivity contribution in [1.29, 1.82) is 0 Å². The van der Waals surface area contributed by atoms with Crippen molar-refractivity contribution >= 4 is 7.85 Å². The van der Waals surface area contributed by atoms with E-state index in [0.29, 0.717) is 24.3 Å². The molecule has 0 spiro atoms. The number of hydrogen-bond acceptors (Lipinski definition) is 3. The van der Waals surface area contributed by atoms with Gasteiger partial charge in [0.05, 0.1) is 13.2 Å². The van der Waals surface area contributed by atoms with Crippen molar-refractivity contribution < 1.29 is 31.8 Å². The molecule has 3 aromatic carbocycles. The van der Waals surface area contributed by atoms with E-state index in [1.807, 2.05) is 13.0 Å². The summed E-state index contributed by atoms with van der Waals surface area (Å²) < 4.78 is 74.8. The van der Waals surface area contributed by atoms with E-state index >= 15 is 4.39 Å². The molecule has 0 saturated carbocycles. The first-order valence-corrected chi connectivity index (χ1v) is 11.7. The maximum absolute atomic E-state index is 15.0. The molecule has 0 N–H and O–H groups in total. The maximum Gasteiger partial charge on any atom is 0.201 e. The van der Waals surface area contributed by atoms with Gasteiger partial charge in [-0.3, -0.25) is 0 Å². The van der Waals surface area contributed by atoms with Crippen LogP contribution in [0.2, 0.25) is 0 Å². The van der Waals surface area contributed by atoms with Crippen LogP contribution in [0.4, 0.5) is 17.6 Å². The summed E-state index contributed by atoms with van der Waals surface area (Å²) in [5.41, 5.74) is 0.763. The van der Waals surface area contributed by atoms with Gasteiger partial charge in [-0.25, -0.2) is 13.2 Å². The maximum atomic E-state index is 15.0. The Hall–Kier alpha value is -3.10. The van der Waals surface area contributed by atoms with Gasteiger partial charge in [0, 0.05) is 29.1 Å². The molecule has 1 fully saturated rings. The summed E-state index contributed by atoms with van der Waals surface area (Å²) in [4.78, 5) is 0. The van der Waals surface area contributed by atoms with Crippen molar-refractivity contribution in [3.8, 4) is 28.0 Å². The third kappa shape index (κ3) is 5.50. The standard InChI is InChI=1S/C28H25BF4O3/c1-2-3-4-5-17-14-34-28(35-15-17)22-11-10-20(24(30)26(22)32)18-6-8-19(9-7-18)21-12-13-23(36-16-29)27(33)25(21)31/h2-3,6-13,17,28H,4-5,14-16H2,1H3/b3-2+. The molecule has 36 heavy (non-hydrogen) atoms. The van der Waals surface area contributed by atoms with Crippen molar-refractivity contribution in [1.82, 2.24) is 0 Å². The molecule has 0 unspecified atom stereocenters. The monoisotopic (exact) mass is 496 g/mol. The molecular weight excluding hydrogens is 471 g/mol. The van der Waals surface area contributed by atoms with E-state index in [0.717, 1.165) is 12.8 Å². The van der Waals surface area contributed by atoms with Crippen LogP contribution in [0.5, 0.6) is 5.75 Å². The minimum Gasteiger partial charge on any atom is -0.500 e. The van der Waals surface area contributed by atoms with Crippen molar-refractivity contribution in [2.24, 2.45) is 5.92 Å². The topological polar surface area (TPSA) is 27.7 Å². The lowest BCUT2D eigenvalue weighted by molar-refractivity contribution is -0.207. The highest BCUT2D eigenvalue weighted by molar-refractivity contribution is 6.08. The van der Waals surface area contributed by atoms with E-state index in [-0.39, 0.29) is 34.9 Å². The molecule has 1 aliphatic heterocycles. The van der Waals surface area contributed by atoms with Gasteiger partial charge in [0.1, 0.15) is 7.85 Å². The second kappa shape index (κ2) is 11.8. The van der Waals surface area contributed by atoms with Gasteiger partial charge < -0.3 is 14.2 Å². The Balaban J connectivity index is 1.50. The van der Waals surface area contributed by atoms with Crippen molar-refractivity contribution in [2.45, 2.75) is 26.1 Å². The minimum absolute atomic E-state index is 0.000961. The van der Waals surface area contributed by atoms with Crippen LogP contribution < -0.4 is 4.74 Å². The first-order valence-electron chi connectivity index (χ1n) is 11.7. The highest BCUT2D eigenvalue weighted by Gasteiger charge is 2.28. The Bertz CT molecular complexity index is 1220. The van der Waals surface area contributed by atoms with Gasteiger partial charge in [-0.15, -0.1) is 0 Å². The van der Waals surface area contributed by atoms with Gasteiger partial charge in [0.15, 0.2) is 29.5 Å². The fraction of sp³-hybridized carbons (Fsp3) is 0.286. The van der Waals surface area contributed by atoms with E-state index in [2.05, 4.69) is 6.08 Å². The average Bonchev–Trinajstić information content (AvgIpc) is 2.90. The zero-order chi connectivity index (χ0) is 25.7. The van der Waals surface area contributed by atoms with Crippen LogP contribution >= 0.6 is 0 Å². The third-order valence-electron chi connectivity index (χ3n) is 6.10. The summed E-state index contributed by atoms with van der Waals surface area (Å²) in [6.07, 6.45) is 4.87. The molecule has 3 aromatic rings. The molecule has 0 amide bonds. The van der Waals surface area contributed by atoms with Crippen LogP contribution in [-0.2, 0) is 9.47 Å². The van der Waals surface area contributed by atoms with Crippen molar-refractivity contribution in [3.63, 3.8) is 0 Å². The number of allylic oxidation sites excluding steroid dienone is 2.